The molecule has 0 bridgehead atoms. The third kappa shape index (κ3) is 7.02. The molecular weight excluding hydrogens is 212 g/mol. The zero-order valence-corrected chi connectivity index (χ0v) is 12.0. The van der Waals surface area contributed by atoms with Crippen LogP contribution in [0.4, 0.5) is 0 Å². The highest BCUT2D eigenvalue weighted by atomic mass is 16.5. The van der Waals surface area contributed by atoms with Gasteiger partial charge in [0.2, 0.25) is 0 Å². The summed E-state index contributed by atoms with van der Waals surface area (Å²) in [4.78, 5) is 0. The first-order chi connectivity index (χ1) is 7.99. The Balaban J connectivity index is 1.96. The zero-order valence-electron chi connectivity index (χ0n) is 12.0. The van der Waals surface area contributed by atoms with Crippen LogP contribution >= 0.6 is 0 Å². The van der Waals surface area contributed by atoms with Crippen LogP contribution in [0.1, 0.15) is 40.5 Å². The van der Waals surface area contributed by atoms with Crippen molar-refractivity contribution in [3.63, 3.8) is 0 Å². The first-order valence-electron chi connectivity index (χ1n) is 7.02. The predicted octanol–water partition coefficient (Wildman–Crippen LogP) is 2.03. The lowest BCUT2D eigenvalue weighted by molar-refractivity contribution is 0.0245. The van der Waals surface area contributed by atoms with E-state index < -0.39 is 0 Å². The lowest BCUT2D eigenvalue weighted by Crippen LogP contribution is -2.38. The second-order valence-electron chi connectivity index (χ2n) is 6.34. The summed E-state index contributed by atoms with van der Waals surface area (Å²) in [6.07, 6.45) is 2.42. The Labute approximate surface area is 107 Å². The minimum atomic E-state index is 0.245. The standard InChI is InChI=1S/C14H30N2O/c1-12-11-17-9-6-13(12)10-15-7-5-8-16-14(2,3)4/h12-13,15-16H,5-11H2,1-4H3. The first kappa shape index (κ1) is 14.9. The highest BCUT2D eigenvalue weighted by Crippen LogP contribution is 2.20. The van der Waals surface area contributed by atoms with Gasteiger partial charge in [-0.25, -0.2) is 0 Å². The smallest absolute Gasteiger partial charge is 0.0494 e. The van der Waals surface area contributed by atoms with Crippen LogP contribution in [0.3, 0.4) is 0 Å². The van der Waals surface area contributed by atoms with Gasteiger partial charge in [0, 0.05) is 18.8 Å². The molecule has 0 saturated carbocycles. The lowest BCUT2D eigenvalue weighted by Gasteiger charge is -2.29. The van der Waals surface area contributed by atoms with Crippen molar-refractivity contribution in [2.24, 2.45) is 11.8 Å². The number of hydrogen-bond acceptors (Lipinski definition) is 3. The molecule has 0 aromatic carbocycles. The second-order valence-corrected chi connectivity index (χ2v) is 6.34. The summed E-state index contributed by atoms with van der Waals surface area (Å²) in [5.74, 6) is 1.52. The maximum Gasteiger partial charge on any atom is 0.0494 e. The molecule has 1 rings (SSSR count). The van der Waals surface area contributed by atoms with Crippen LogP contribution in [0.2, 0.25) is 0 Å². The molecule has 3 nitrogen and oxygen atoms in total. The van der Waals surface area contributed by atoms with Crippen LogP contribution in [0.25, 0.3) is 0 Å². The van der Waals surface area contributed by atoms with E-state index in [0.717, 1.165) is 38.8 Å². The largest absolute Gasteiger partial charge is 0.381 e. The molecular formula is C14H30N2O. The van der Waals surface area contributed by atoms with Gasteiger partial charge in [-0.3, -0.25) is 0 Å². The predicted molar refractivity (Wildman–Crippen MR) is 73.3 cm³/mol. The maximum absolute atomic E-state index is 5.46. The van der Waals surface area contributed by atoms with Crippen LogP contribution in [-0.2, 0) is 4.74 Å². The summed E-state index contributed by atoms with van der Waals surface area (Å²) in [5.41, 5.74) is 0.245. The fourth-order valence-corrected chi connectivity index (χ4v) is 2.19. The minimum absolute atomic E-state index is 0.245. The van der Waals surface area contributed by atoms with E-state index in [1.54, 1.807) is 0 Å². The number of hydrogen-bond donors (Lipinski definition) is 2. The third-order valence-electron chi connectivity index (χ3n) is 3.41. The van der Waals surface area contributed by atoms with E-state index in [9.17, 15) is 0 Å². The Hall–Kier alpha value is -0.120. The Kier molecular flexibility index (Phi) is 6.45. The van der Waals surface area contributed by atoms with Gasteiger partial charge in [0.1, 0.15) is 0 Å². The molecule has 0 amide bonds. The molecule has 1 aliphatic rings. The highest BCUT2D eigenvalue weighted by molar-refractivity contribution is 4.73. The van der Waals surface area contributed by atoms with Gasteiger partial charge in [0.15, 0.2) is 0 Å². The van der Waals surface area contributed by atoms with Crippen LogP contribution in [0.15, 0.2) is 0 Å². The SMILES string of the molecule is CC1COCCC1CNCCCNC(C)(C)C. The minimum Gasteiger partial charge on any atom is -0.381 e. The van der Waals surface area contributed by atoms with Crippen molar-refractivity contribution in [1.82, 2.24) is 10.6 Å². The quantitative estimate of drug-likeness (QED) is 0.699. The average Bonchev–Trinajstić information content (AvgIpc) is 2.24. The van der Waals surface area contributed by atoms with E-state index in [2.05, 4.69) is 38.3 Å². The van der Waals surface area contributed by atoms with E-state index in [0.29, 0.717) is 5.92 Å². The van der Waals surface area contributed by atoms with Crippen molar-refractivity contribution in [2.45, 2.75) is 46.1 Å². The third-order valence-corrected chi connectivity index (χ3v) is 3.41. The molecule has 2 atom stereocenters. The van der Waals surface area contributed by atoms with Crippen molar-refractivity contribution in [2.75, 3.05) is 32.8 Å². The van der Waals surface area contributed by atoms with Crippen molar-refractivity contribution >= 4 is 0 Å². The number of nitrogens with one attached hydrogen (secondary N) is 2. The van der Waals surface area contributed by atoms with Gasteiger partial charge in [0.05, 0.1) is 0 Å². The summed E-state index contributed by atoms with van der Waals surface area (Å²) in [5, 5.41) is 7.09. The fourth-order valence-electron chi connectivity index (χ4n) is 2.19. The maximum atomic E-state index is 5.46. The Bertz CT molecular complexity index is 201. The molecule has 0 aliphatic carbocycles. The van der Waals surface area contributed by atoms with Gasteiger partial charge in [-0.2, -0.15) is 0 Å². The average molecular weight is 242 g/mol. The Morgan fingerprint density at radius 3 is 2.65 bits per heavy atom. The van der Waals surface area contributed by atoms with Gasteiger partial charge in [-0.05, 0) is 65.1 Å². The van der Waals surface area contributed by atoms with E-state index in [-0.39, 0.29) is 5.54 Å². The zero-order chi connectivity index (χ0) is 12.7. The molecule has 1 heterocycles. The van der Waals surface area contributed by atoms with Crippen LogP contribution in [0.5, 0.6) is 0 Å². The summed E-state index contributed by atoms with van der Waals surface area (Å²) in [6, 6.07) is 0. The Morgan fingerprint density at radius 1 is 1.24 bits per heavy atom. The van der Waals surface area contributed by atoms with E-state index >= 15 is 0 Å². The second kappa shape index (κ2) is 7.34. The van der Waals surface area contributed by atoms with Crippen LogP contribution < -0.4 is 10.6 Å². The van der Waals surface area contributed by atoms with E-state index in [1.165, 1.54) is 12.8 Å². The molecule has 0 radical (unpaired) electrons. The molecule has 1 fully saturated rings. The molecule has 1 saturated heterocycles. The van der Waals surface area contributed by atoms with Crippen LogP contribution in [-0.4, -0.2) is 38.4 Å². The molecule has 0 aromatic heterocycles. The van der Waals surface area contributed by atoms with Crippen LogP contribution in [0, 0.1) is 11.8 Å². The Morgan fingerprint density at radius 2 is 2.00 bits per heavy atom. The highest BCUT2D eigenvalue weighted by Gasteiger charge is 2.20. The van der Waals surface area contributed by atoms with Gasteiger partial charge in [-0.1, -0.05) is 6.92 Å². The first-order valence-corrected chi connectivity index (χ1v) is 7.02. The normalized spacial score (nSPS) is 26.1. The van der Waals surface area contributed by atoms with Gasteiger partial charge in [0.25, 0.3) is 0 Å². The van der Waals surface area contributed by atoms with Crippen molar-refractivity contribution in [3.8, 4) is 0 Å². The molecule has 1 aliphatic heterocycles. The monoisotopic (exact) mass is 242 g/mol. The number of ether oxygens (including phenoxy) is 1. The molecule has 3 heteroatoms. The van der Waals surface area contributed by atoms with Crippen molar-refractivity contribution in [1.29, 1.82) is 0 Å². The van der Waals surface area contributed by atoms with E-state index in [4.69, 9.17) is 4.74 Å². The molecule has 0 aromatic rings. The summed E-state index contributed by atoms with van der Waals surface area (Å²) in [7, 11) is 0. The van der Waals surface area contributed by atoms with Crippen molar-refractivity contribution in [3.05, 3.63) is 0 Å². The summed E-state index contributed by atoms with van der Waals surface area (Å²) in [6.45, 7) is 14.2. The molecule has 2 unspecified atom stereocenters. The summed E-state index contributed by atoms with van der Waals surface area (Å²) >= 11 is 0. The lowest BCUT2D eigenvalue weighted by atomic mass is 9.90. The molecule has 17 heavy (non-hydrogen) atoms. The molecule has 0 spiro atoms. The van der Waals surface area contributed by atoms with Gasteiger partial charge >= 0.3 is 0 Å². The number of rotatable bonds is 6. The fraction of sp³-hybridized carbons (Fsp3) is 1.00. The van der Waals surface area contributed by atoms with Gasteiger partial charge < -0.3 is 15.4 Å². The van der Waals surface area contributed by atoms with Crippen molar-refractivity contribution < 1.29 is 4.74 Å². The molecule has 102 valence electrons. The van der Waals surface area contributed by atoms with E-state index in [1.807, 2.05) is 0 Å². The van der Waals surface area contributed by atoms with Gasteiger partial charge in [-0.15, -0.1) is 0 Å². The topological polar surface area (TPSA) is 33.3 Å². The summed E-state index contributed by atoms with van der Waals surface area (Å²) < 4.78 is 5.46. The molecule has 2 N–H and O–H groups in total.